The summed E-state index contributed by atoms with van der Waals surface area (Å²) in [5.41, 5.74) is 3.69. The van der Waals surface area contributed by atoms with Crippen LogP contribution in [0, 0.1) is 24.7 Å². The molecule has 1 amide bonds. The summed E-state index contributed by atoms with van der Waals surface area (Å²) >= 11 is 0. The zero-order valence-electron chi connectivity index (χ0n) is 27.8. The van der Waals surface area contributed by atoms with E-state index in [1.807, 2.05) is 48.2 Å². The fraction of sp³-hybridized carbons (Fsp3) is 0.450. The SMILES string of the molecule is CC(=O)O[C@@]12CC[C@H](N(CC(C)C)C(=O)C#Cc3cccc(C)c3)[C@@H]3Oc4c(O)ccc5c4[C@@]31CCN(CCc1ccccc1)[C@@H]2C5. The average Bonchev–Trinajstić information content (AvgIpc) is 3.39. The molecule has 2 heterocycles. The summed E-state index contributed by atoms with van der Waals surface area (Å²) in [7, 11) is 0. The number of nitrogens with zero attached hydrogens (tertiary/aromatic N) is 2. The summed E-state index contributed by atoms with van der Waals surface area (Å²) < 4.78 is 13.5. The summed E-state index contributed by atoms with van der Waals surface area (Å²) in [5, 5.41) is 11.2. The van der Waals surface area contributed by atoms with Crippen molar-refractivity contribution in [3.05, 3.63) is 94.5 Å². The van der Waals surface area contributed by atoms with Gasteiger partial charge in [0.1, 0.15) is 11.7 Å². The molecule has 3 aromatic carbocycles. The number of aromatic hydroxyl groups is 1. The molecular weight excluding hydrogens is 588 g/mol. The molecular formula is C40H44N2O5. The van der Waals surface area contributed by atoms with E-state index >= 15 is 0 Å². The molecule has 7 rings (SSSR count). The van der Waals surface area contributed by atoms with Crippen molar-refractivity contribution in [1.29, 1.82) is 0 Å². The molecule has 2 fully saturated rings. The van der Waals surface area contributed by atoms with Crippen LogP contribution >= 0.6 is 0 Å². The Hall–Kier alpha value is -4.28. The average molecular weight is 633 g/mol. The third-order valence-corrected chi connectivity index (χ3v) is 10.9. The Morgan fingerprint density at radius 3 is 2.66 bits per heavy atom. The lowest BCUT2D eigenvalue weighted by molar-refractivity contribution is -0.224. The maximum atomic E-state index is 14.1. The molecule has 7 nitrogen and oxygen atoms in total. The molecule has 47 heavy (non-hydrogen) atoms. The number of hydrogen-bond donors (Lipinski definition) is 1. The Morgan fingerprint density at radius 2 is 1.91 bits per heavy atom. The third-order valence-electron chi connectivity index (χ3n) is 10.9. The number of rotatable bonds is 7. The second-order valence-corrected chi connectivity index (χ2v) is 14.3. The van der Waals surface area contributed by atoms with Crippen molar-refractivity contribution in [2.24, 2.45) is 5.92 Å². The van der Waals surface area contributed by atoms with Crippen LogP contribution in [0.1, 0.15) is 67.9 Å². The summed E-state index contributed by atoms with van der Waals surface area (Å²) in [6, 6.07) is 21.7. The maximum absolute atomic E-state index is 14.1. The lowest BCUT2D eigenvalue weighted by Crippen LogP contribution is -2.79. The van der Waals surface area contributed by atoms with Gasteiger partial charge in [0.25, 0.3) is 5.91 Å². The van der Waals surface area contributed by atoms with Gasteiger partial charge >= 0.3 is 5.97 Å². The van der Waals surface area contributed by atoms with Crippen molar-refractivity contribution in [2.75, 3.05) is 19.6 Å². The molecule has 4 aliphatic rings. The Kier molecular flexibility index (Phi) is 8.04. The van der Waals surface area contributed by atoms with Crippen LogP contribution in [0.3, 0.4) is 0 Å². The molecule has 244 valence electrons. The highest BCUT2D eigenvalue weighted by atomic mass is 16.6. The molecule has 0 radical (unpaired) electrons. The smallest absolute Gasteiger partial charge is 0.303 e. The minimum atomic E-state index is -0.860. The molecule has 2 aliphatic carbocycles. The number of phenolic OH excluding ortho intramolecular Hbond substituents is 1. The number of amides is 1. The number of esters is 1. The highest BCUT2D eigenvalue weighted by Crippen LogP contribution is 2.67. The number of ether oxygens (including phenoxy) is 2. The predicted octanol–water partition coefficient (Wildman–Crippen LogP) is 5.57. The highest BCUT2D eigenvalue weighted by molar-refractivity contribution is 5.94. The van der Waals surface area contributed by atoms with E-state index in [0.29, 0.717) is 38.0 Å². The number of piperidine rings is 1. The van der Waals surface area contributed by atoms with E-state index in [4.69, 9.17) is 9.47 Å². The lowest BCUT2D eigenvalue weighted by Gasteiger charge is -2.65. The standard InChI is InChI=1S/C40H44N2O5/c1-26(2)25-42(35(45)16-13-30-12-8-9-27(3)23-30)32-17-19-40(47-28(4)43)34-24-31-14-15-33(44)37-36(31)39(40,38(32)46-37)20-22-41(34)21-18-29-10-6-5-7-11-29/h5-12,14-15,23,26,32,34,38,44H,17-22,24-25H2,1-4H3/t32-,34+,38-,39-,40+/m0/s1. The number of benzene rings is 3. The van der Waals surface area contributed by atoms with Gasteiger partial charge in [0.2, 0.25) is 0 Å². The Morgan fingerprint density at radius 1 is 1.11 bits per heavy atom. The number of aryl methyl sites for hydroxylation is 1. The molecule has 0 aromatic heterocycles. The fourth-order valence-electron chi connectivity index (χ4n) is 9.23. The first-order chi connectivity index (χ1) is 22.6. The Labute approximate surface area is 277 Å². The molecule has 1 N–H and O–H groups in total. The summed E-state index contributed by atoms with van der Waals surface area (Å²) in [5.74, 6) is 6.28. The van der Waals surface area contributed by atoms with Gasteiger partial charge in [-0.05, 0) is 86.4 Å². The molecule has 3 aromatic rings. The quantitative estimate of drug-likeness (QED) is 0.271. The zero-order chi connectivity index (χ0) is 32.9. The molecule has 2 bridgehead atoms. The van der Waals surface area contributed by atoms with E-state index < -0.39 is 17.1 Å². The summed E-state index contributed by atoms with van der Waals surface area (Å²) in [4.78, 5) is 31.6. The molecule has 2 aliphatic heterocycles. The highest BCUT2D eigenvalue weighted by Gasteiger charge is 2.75. The summed E-state index contributed by atoms with van der Waals surface area (Å²) in [6.45, 7) is 9.88. The van der Waals surface area contributed by atoms with Gasteiger partial charge in [-0.25, -0.2) is 0 Å². The minimum Gasteiger partial charge on any atom is -0.504 e. The van der Waals surface area contributed by atoms with Gasteiger partial charge in [-0.3, -0.25) is 14.5 Å². The topological polar surface area (TPSA) is 79.3 Å². The van der Waals surface area contributed by atoms with Crippen molar-refractivity contribution in [3.8, 4) is 23.3 Å². The minimum absolute atomic E-state index is 0.0609. The van der Waals surface area contributed by atoms with Gasteiger partial charge in [-0.1, -0.05) is 68.3 Å². The van der Waals surface area contributed by atoms with Crippen LogP contribution in [0.15, 0.2) is 66.7 Å². The van der Waals surface area contributed by atoms with Gasteiger partial charge in [-0.15, -0.1) is 0 Å². The summed E-state index contributed by atoms with van der Waals surface area (Å²) in [6.07, 6.45) is 2.97. The first kappa shape index (κ1) is 31.3. The van der Waals surface area contributed by atoms with Crippen LogP contribution in [-0.2, 0) is 32.6 Å². The van der Waals surface area contributed by atoms with Crippen LogP contribution in [0.25, 0.3) is 0 Å². The van der Waals surface area contributed by atoms with Crippen molar-refractivity contribution in [2.45, 2.75) is 89.0 Å². The second-order valence-electron chi connectivity index (χ2n) is 14.3. The molecule has 1 saturated heterocycles. The van der Waals surface area contributed by atoms with Crippen LogP contribution in [-0.4, -0.2) is 70.2 Å². The number of carbonyl (C=O) groups is 2. The number of phenols is 1. The van der Waals surface area contributed by atoms with E-state index in [0.717, 1.165) is 41.8 Å². The normalized spacial score (nSPS) is 26.9. The van der Waals surface area contributed by atoms with E-state index in [2.05, 4.69) is 54.9 Å². The molecule has 1 saturated carbocycles. The van der Waals surface area contributed by atoms with Crippen LogP contribution in [0.4, 0.5) is 0 Å². The first-order valence-corrected chi connectivity index (χ1v) is 17.0. The van der Waals surface area contributed by atoms with Crippen molar-refractivity contribution in [3.63, 3.8) is 0 Å². The third kappa shape index (κ3) is 5.18. The van der Waals surface area contributed by atoms with Crippen LogP contribution < -0.4 is 4.74 Å². The van der Waals surface area contributed by atoms with Gasteiger partial charge in [-0.2, -0.15) is 0 Å². The van der Waals surface area contributed by atoms with Crippen molar-refractivity contribution < 1.29 is 24.2 Å². The second kappa shape index (κ2) is 12.1. The van der Waals surface area contributed by atoms with Gasteiger partial charge < -0.3 is 19.5 Å². The molecule has 5 atom stereocenters. The van der Waals surface area contributed by atoms with Crippen molar-refractivity contribution in [1.82, 2.24) is 9.80 Å². The fourth-order valence-corrected chi connectivity index (χ4v) is 9.23. The van der Waals surface area contributed by atoms with Gasteiger partial charge in [0, 0.05) is 37.1 Å². The van der Waals surface area contributed by atoms with Crippen molar-refractivity contribution >= 4 is 11.9 Å². The Bertz CT molecular complexity index is 1760. The van der Waals surface area contributed by atoms with E-state index in [9.17, 15) is 14.7 Å². The van der Waals surface area contributed by atoms with E-state index in [1.165, 1.54) is 12.5 Å². The van der Waals surface area contributed by atoms with E-state index in [1.54, 1.807) is 6.07 Å². The van der Waals surface area contributed by atoms with Gasteiger partial charge in [0.15, 0.2) is 11.5 Å². The van der Waals surface area contributed by atoms with Crippen LogP contribution in [0.5, 0.6) is 11.5 Å². The molecule has 1 spiro atoms. The monoisotopic (exact) mass is 632 g/mol. The van der Waals surface area contributed by atoms with Crippen LogP contribution in [0.2, 0.25) is 0 Å². The number of hydrogen-bond acceptors (Lipinski definition) is 6. The van der Waals surface area contributed by atoms with Gasteiger partial charge in [0.05, 0.1) is 17.5 Å². The predicted molar refractivity (Wildman–Crippen MR) is 180 cm³/mol. The molecule has 0 unspecified atom stereocenters. The largest absolute Gasteiger partial charge is 0.504 e. The lowest BCUT2D eigenvalue weighted by atomic mass is 9.48. The number of likely N-dealkylation sites (tertiary alicyclic amines) is 1. The maximum Gasteiger partial charge on any atom is 0.303 e. The Balaban J connectivity index is 1.31. The zero-order valence-corrected chi connectivity index (χ0v) is 27.8. The number of carbonyl (C=O) groups excluding carboxylic acids is 2. The first-order valence-electron chi connectivity index (χ1n) is 17.0. The molecule has 7 heteroatoms. The van der Waals surface area contributed by atoms with E-state index in [-0.39, 0.29) is 35.6 Å².